The first-order valence-corrected chi connectivity index (χ1v) is 5.91. The smallest absolute Gasteiger partial charge is 0.401 e. The van der Waals surface area contributed by atoms with Crippen molar-refractivity contribution in [2.45, 2.75) is 13.1 Å². The number of carbonyl (C=O) groups is 1. The van der Waals surface area contributed by atoms with Crippen LogP contribution in [0.5, 0.6) is 0 Å². The lowest BCUT2D eigenvalue weighted by molar-refractivity contribution is -0.150. The Morgan fingerprint density at radius 1 is 1.22 bits per heavy atom. The number of piperazine rings is 1. The number of rotatable bonds is 4. The summed E-state index contributed by atoms with van der Waals surface area (Å²) in [5.41, 5.74) is 0. The Hall–Kier alpha value is -0.820. The van der Waals surface area contributed by atoms with Crippen LogP contribution in [0.4, 0.5) is 13.2 Å². The number of hydrogen-bond acceptors (Lipinski definition) is 4. The maximum atomic E-state index is 12.2. The molecule has 1 rings (SSSR count). The SMILES string of the molecule is COC(=O)C(C)CN1CCN(CC(F)(F)F)CC1. The zero-order chi connectivity index (χ0) is 13.8. The fourth-order valence-electron chi connectivity index (χ4n) is 2.05. The second-order valence-corrected chi connectivity index (χ2v) is 4.62. The van der Waals surface area contributed by atoms with Crippen LogP contribution in [0.1, 0.15) is 6.92 Å². The lowest BCUT2D eigenvalue weighted by Crippen LogP contribution is -2.50. The van der Waals surface area contributed by atoms with Gasteiger partial charge in [0.05, 0.1) is 19.6 Å². The summed E-state index contributed by atoms with van der Waals surface area (Å²) in [5, 5.41) is 0. The van der Waals surface area contributed by atoms with Gasteiger partial charge in [-0.3, -0.25) is 14.6 Å². The van der Waals surface area contributed by atoms with Crippen LogP contribution in [-0.2, 0) is 9.53 Å². The van der Waals surface area contributed by atoms with E-state index in [0.717, 1.165) is 0 Å². The van der Waals surface area contributed by atoms with Crippen molar-refractivity contribution in [3.8, 4) is 0 Å². The van der Waals surface area contributed by atoms with Gasteiger partial charge in [0.1, 0.15) is 0 Å². The monoisotopic (exact) mass is 268 g/mol. The van der Waals surface area contributed by atoms with Gasteiger partial charge < -0.3 is 4.74 Å². The normalized spacial score (nSPS) is 20.7. The first-order valence-electron chi connectivity index (χ1n) is 5.91. The number of methoxy groups -OCH3 is 1. The van der Waals surface area contributed by atoms with Crippen LogP contribution in [0.3, 0.4) is 0 Å². The van der Waals surface area contributed by atoms with E-state index >= 15 is 0 Å². The summed E-state index contributed by atoms with van der Waals surface area (Å²) in [6.45, 7) is 3.31. The van der Waals surface area contributed by atoms with Gasteiger partial charge >= 0.3 is 12.1 Å². The fourth-order valence-corrected chi connectivity index (χ4v) is 2.05. The summed E-state index contributed by atoms with van der Waals surface area (Å²) in [7, 11) is 1.33. The van der Waals surface area contributed by atoms with Gasteiger partial charge in [-0.05, 0) is 0 Å². The molecule has 0 aromatic carbocycles. The topological polar surface area (TPSA) is 32.8 Å². The molecular weight excluding hydrogens is 249 g/mol. The van der Waals surface area contributed by atoms with Crippen molar-refractivity contribution in [1.29, 1.82) is 0 Å². The average molecular weight is 268 g/mol. The Kier molecular flexibility index (Phi) is 5.40. The van der Waals surface area contributed by atoms with Crippen molar-refractivity contribution in [2.24, 2.45) is 5.92 Å². The predicted octanol–water partition coefficient (Wildman–Crippen LogP) is 0.975. The first kappa shape index (κ1) is 15.2. The molecule has 0 saturated carbocycles. The molecule has 0 amide bonds. The fraction of sp³-hybridized carbons (Fsp3) is 0.909. The number of nitrogens with zero attached hydrogens (tertiary/aromatic N) is 2. The minimum Gasteiger partial charge on any atom is -0.469 e. The van der Waals surface area contributed by atoms with Crippen LogP contribution in [0.2, 0.25) is 0 Å². The lowest BCUT2D eigenvalue weighted by Gasteiger charge is -2.35. The van der Waals surface area contributed by atoms with Gasteiger partial charge in [0.15, 0.2) is 0 Å². The molecule has 0 aromatic heterocycles. The summed E-state index contributed by atoms with van der Waals surface area (Å²) < 4.78 is 41.2. The van der Waals surface area contributed by atoms with Crippen molar-refractivity contribution in [2.75, 3.05) is 46.4 Å². The lowest BCUT2D eigenvalue weighted by atomic mass is 10.1. The average Bonchev–Trinajstić information content (AvgIpc) is 2.28. The van der Waals surface area contributed by atoms with E-state index in [-0.39, 0.29) is 11.9 Å². The molecule has 1 fully saturated rings. The zero-order valence-corrected chi connectivity index (χ0v) is 10.7. The Morgan fingerprint density at radius 2 is 1.72 bits per heavy atom. The molecule has 0 aliphatic carbocycles. The molecule has 18 heavy (non-hydrogen) atoms. The molecule has 0 aromatic rings. The molecule has 1 aliphatic heterocycles. The highest BCUT2D eigenvalue weighted by Crippen LogP contribution is 2.17. The highest BCUT2D eigenvalue weighted by molar-refractivity contribution is 5.72. The van der Waals surface area contributed by atoms with Crippen molar-refractivity contribution in [3.05, 3.63) is 0 Å². The molecule has 106 valence electrons. The van der Waals surface area contributed by atoms with Crippen LogP contribution in [0, 0.1) is 5.92 Å². The van der Waals surface area contributed by atoms with E-state index in [1.165, 1.54) is 12.0 Å². The second-order valence-electron chi connectivity index (χ2n) is 4.62. The molecule has 7 heteroatoms. The number of esters is 1. The van der Waals surface area contributed by atoms with Gasteiger partial charge in [0.2, 0.25) is 0 Å². The molecule has 1 unspecified atom stereocenters. The van der Waals surface area contributed by atoms with E-state index in [1.54, 1.807) is 6.92 Å². The van der Waals surface area contributed by atoms with E-state index in [9.17, 15) is 18.0 Å². The Balaban J connectivity index is 2.29. The van der Waals surface area contributed by atoms with Crippen LogP contribution in [0.25, 0.3) is 0 Å². The van der Waals surface area contributed by atoms with E-state index < -0.39 is 12.7 Å². The van der Waals surface area contributed by atoms with E-state index in [1.807, 2.05) is 4.90 Å². The zero-order valence-electron chi connectivity index (χ0n) is 10.7. The molecule has 0 spiro atoms. The van der Waals surface area contributed by atoms with Crippen LogP contribution in [-0.4, -0.2) is 68.3 Å². The van der Waals surface area contributed by atoms with Gasteiger partial charge in [-0.25, -0.2) is 0 Å². The third-order valence-corrected chi connectivity index (χ3v) is 3.00. The van der Waals surface area contributed by atoms with Crippen LogP contribution < -0.4 is 0 Å². The molecule has 1 saturated heterocycles. The number of carbonyl (C=O) groups excluding carboxylic acids is 1. The van der Waals surface area contributed by atoms with Crippen molar-refractivity contribution < 1.29 is 22.7 Å². The molecule has 1 heterocycles. The van der Waals surface area contributed by atoms with E-state index in [0.29, 0.717) is 32.7 Å². The van der Waals surface area contributed by atoms with E-state index in [4.69, 9.17) is 0 Å². The summed E-state index contributed by atoms with van der Waals surface area (Å²) in [6, 6.07) is 0. The second kappa shape index (κ2) is 6.38. The molecule has 4 nitrogen and oxygen atoms in total. The third-order valence-electron chi connectivity index (χ3n) is 3.00. The van der Waals surface area contributed by atoms with Gasteiger partial charge in [-0.2, -0.15) is 13.2 Å². The standard InChI is InChI=1S/C11H19F3N2O2/c1-9(10(17)18-2)7-15-3-5-16(6-4-15)8-11(12,13)14/h9H,3-8H2,1-2H3. The summed E-state index contributed by atoms with van der Waals surface area (Å²) in [5.74, 6) is -0.531. The minimum absolute atomic E-state index is 0.246. The maximum absolute atomic E-state index is 12.2. The largest absolute Gasteiger partial charge is 0.469 e. The first-order chi connectivity index (χ1) is 8.31. The third kappa shape index (κ3) is 5.22. The molecule has 0 radical (unpaired) electrons. The van der Waals surface area contributed by atoms with Crippen LogP contribution in [0.15, 0.2) is 0 Å². The van der Waals surface area contributed by atoms with Crippen LogP contribution >= 0.6 is 0 Å². The van der Waals surface area contributed by atoms with Crippen molar-refractivity contribution in [3.63, 3.8) is 0 Å². The number of hydrogen-bond donors (Lipinski definition) is 0. The Bertz CT molecular complexity index is 276. The Morgan fingerprint density at radius 3 is 2.17 bits per heavy atom. The molecular formula is C11H19F3N2O2. The van der Waals surface area contributed by atoms with Crippen molar-refractivity contribution in [1.82, 2.24) is 9.80 Å². The quantitative estimate of drug-likeness (QED) is 0.711. The highest BCUT2D eigenvalue weighted by atomic mass is 19.4. The molecule has 0 N–H and O–H groups in total. The summed E-state index contributed by atoms with van der Waals surface area (Å²) >= 11 is 0. The maximum Gasteiger partial charge on any atom is 0.401 e. The van der Waals surface area contributed by atoms with Gasteiger partial charge in [0.25, 0.3) is 0 Å². The minimum atomic E-state index is -4.14. The van der Waals surface area contributed by atoms with Crippen molar-refractivity contribution >= 4 is 5.97 Å². The van der Waals surface area contributed by atoms with E-state index in [2.05, 4.69) is 4.74 Å². The van der Waals surface area contributed by atoms with Gasteiger partial charge in [-0.1, -0.05) is 6.92 Å². The summed E-state index contributed by atoms with van der Waals surface area (Å²) in [6.07, 6.45) is -4.14. The molecule has 1 atom stereocenters. The summed E-state index contributed by atoms with van der Waals surface area (Å²) in [4.78, 5) is 14.6. The van der Waals surface area contributed by atoms with Gasteiger partial charge in [0, 0.05) is 32.7 Å². The number of ether oxygens (including phenoxy) is 1. The number of alkyl halides is 3. The molecule has 0 bridgehead atoms. The highest BCUT2D eigenvalue weighted by Gasteiger charge is 2.32. The Labute approximate surface area is 105 Å². The van der Waals surface area contributed by atoms with Gasteiger partial charge in [-0.15, -0.1) is 0 Å². The number of halogens is 3. The predicted molar refractivity (Wildman–Crippen MR) is 60.1 cm³/mol. The molecule has 1 aliphatic rings.